The van der Waals surface area contributed by atoms with Gasteiger partial charge in [0.15, 0.2) is 0 Å². The quantitative estimate of drug-likeness (QED) is 0.924. The molecule has 0 aromatic carbocycles. The van der Waals surface area contributed by atoms with Gasteiger partial charge in [0.25, 0.3) is 0 Å². The third-order valence-corrected chi connectivity index (χ3v) is 5.10. The third-order valence-electron chi connectivity index (χ3n) is 4.12. The molecule has 1 aliphatic rings. The van der Waals surface area contributed by atoms with Gasteiger partial charge in [-0.3, -0.25) is 15.0 Å². The number of nitrogens with zero attached hydrogens (tertiary/aromatic N) is 2. The number of carbonyl (C=O) groups excluding carboxylic acids is 1. The van der Waals surface area contributed by atoms with Gasteiger partial charge in [-0.25, -0.2) is 0 Å². The summed E-state index contributed by atoms with van der Waals surface area (Å²) in [5.74, 6) is 0.372. The molecule has 3 rings (SSSR count). The summed E-state index contributed by atoms with van der Waals surface area (Å²) in [6, 6.07) is 6.38. The highest BCUT2D eigenvalue weighted by Crippen LogP contribution is 2.34. The Labute approximate surface area is 140 Å². The zero-order chi connectivity index (χ0) is 16.4. The van der Waals surface area contributed by atoms with Crippen LogP contribution in [0.5, 0.6) is 0 Å². The van der Waals surface area contributed by atoms with Gasteiger partial charge in [0.1, 0.15) is 0 Å². The highest BCUT2D eigenvalue weighted by molar-refractivity contribution is 7.10. The number of thiophene rings is 1. The monoisotopic (exact) mass is 333 g/mol. The van der Waals surface area contributed by atoms with Gasteiger partial charge in [-0.2, -0.15) is 0 Å². The van der Waals surface area contributed by atoms with E-state index in [0.717, 1.165) is 25.1 Å². The van der Waals surface area contributed by atoms with E-state index in [1.165, 1.54) is 4.88 Å². The predicted molar refractivity (Wildman–Crippen MR) is 91.7 cm³/mol. The average Bonchev–Trinajstić information content (AvgIpc) is 3.17. The molecule has 1 fully saturated rings. The van der Waals surface area contributed by atoms with Crippen molar-refractivity contribution >= 4 is 23.1 Å². The van der Waals surface area contributed by atoms with Crippen LogP contribution in [0.15, 0.2) is 28.1 Å². The maximum atomic E-state index is 12.3. The van der Waals surface area contributed by atoms with Crippen LogP contribution in [-0.2, 0) is 10.2 Å². The number of nitrogens with one attached hydrogen (secondary N) is 1. The third kappa shape index (κ3) is 3.82. The molecule has 0 bridgehead atoms. The number of carbonyl (C=O) groups is 1. The first kappa shape index (κ1) is 16.2. The van der Waals surface area contributed by atoms with E-state index in [-0.39, 0.29) is 11.3 Å². The van der Waals surface area contributed by atoms with Crippen LogP contribution in [0.4, 0.5) is 5.88 Å². The van der Waals surface area contributed by atoms with Crippen LogP contribution in [0.3, 0.4) is 0 Å². The molecule has 2 aromatic heterocycles. The second kappa shape index (κ2) is 6.45. The Morgan fingerprint density at radius 1 is 1.52 bits per heavy atom. The van der Waals surface area contributed by atoms with Crippen molar-refractivity contribution in [3.05, 3.63) is 34.2 Å². The number of aromatic nitrogens is 1. The van der Waals surface area contributed by atoms with Crippen LogP contribution in [0.2, 0.25) is 0 Å². The minimum absolute atomic E-state index is 0.0509. The molecule has 3 heterocycles. The lowest BCUT2D eigenvalue weighted by Crippen LogP contribution is -2.32. The highest BCUT2D eigenvalue weighted by atomic mass is 32.1. The Hall–Kier alpha value is -1.66. The fraction of sp³-hybridized carbons (Fsp3) is 0.529. The van der Waals surface area contributed by atoms with Crippen molar-refractivity contribution in [2.24, 2.45) is 0 Å². The lowest BCUT2D eigenvalue weighted by atomic mass is 9.92. The topological polar surface area (TPSA) is 58.4 Å². The van der Waals surface area contributed by atoms with Crippen LogP contribution in [-0.4, -0.2) is 29.1 Å². The second-order valence-corrected chi connectivity index (χ2v) is 8.00. The van der Waals surface area contributed by atoms with Crippen molar-refractivity contribution in [2.75, 3.05) is 18.4 Å². The van der Waals surface area contributed by atoms with E-state index in [1.807, 2.05) is 0 Å². The second-order valence-electron chi connectivity index (χ2n) is 7.02. The zero-order valence-electron chi connectivity index (χ0n) is 13.8. The molecule has 0 spiro atoms. The standard InChI is InChI=1S/C17H23N3O2S/c1-17(2,3)14-10-16(22-19-14)18-15(21)11-20-8-4-6-12(20)13-7-5-9-23-13/h5,7,9-10,12H,4,6,8,11H2,1-3H3,(H,18,21)/t12-/m0/s1. The molecule has 1 aliphatic heterocycles. The van der Waals surface area contributed by atoms with Gasteiger partial charge in [-0.15, -0.1) is 11.3 Å². The van der Waals surface area contributed by atoms with Crippen LogP contribution in [0.1, 0.15) is 50.2 Å². The molecule has 0 aliphatic carbocycles. The molecule has 124 valence electrons. The van der Waals surface area contributed by atoms with Gasteiger partial charge in [0, 0.05) is 22.4 Å². The number of likely N-dealkylation sites (tertiary alicyclic amines) is 1. The lowest BCUT2D eigenvalue weighted by Gasteiger charge is -2.22. The molecule has 1 saturated heterocycles. The van der Waals surface area contributed by atoms with Gasteiger partial charge in [-0.05, 0) is 30.8 Å². The molecule has 0 unspecified atom stereocenters. The summed E-state index contributed by atoms with van der Waals surface area (Å²) in [7, 11) is 0. The fourth-order valence-corrected chi connectivity index (χ4v) is 3.76. The van der Waals surface area contributed by atoms with Crippen molar-refractivity contribution in [3.8, 4) is 0 Å². The molecule has 0 saturated carbocycles. The molecule has 1 amide bonds. The molecular formula is C17H23N3O2S. The molecule has 1 N–H and O–H groups in total. The minimum atomic E-state index is -0.0916. The van der Waals surface area contributed by atoms with E-state index < -0.39 is 0 Å². The summed E-state index contributed by atoms with van der Waals surface area (Å²) < 4.78 is 5.23. The normalized spacial score (nSPS) is 19.2. The van der Waals surface area contributed by atoms with E-state index in [4.69, 9.17) is 4.52 Å². The van der Waals surface area contributed by atoms with Gasteiger partial charge in [-0.1, -0.05) is 32.0 Å². The SMILES string of the molecule is CC(C)(C)c1cc(NC(=O)CN2CCC[C@H]2c2cccs2)on1. The maximum Gasteiger partial charge on any atom is 0.240 e. The van der Waals surface area contributed by atoms with Crippen molar-refractivity contribution in [3.63, 3.8) is 0 Å². The smallest absolute Gasteiger partial charge is 0.240 e. The van der Waals surface area contributed by atoms with Crippen LogP contribution in [0.25, 0.3) is 0 Å². The van der Waals surface area contributed by atoms with Crippen molar-refractivity contribution in [1.82, 2.24) is 10.1 Å². The van der Waals surface area contributed by atoms with E-state index in [2.05, 4.69) is 53.7 Å². The highest BCUT2D eigenvalue weighted by Gasteiger charge is 2.28. The largest absolute Gasteiger partial charge is 0.338 e. The Kier molecular flexibility index (Phi) is 4.55. The molecule has 5 nitrogen and oxygen atoms in total. The summed E-state index contributed by atoms with van der Waals surface area (Å²) in [5.41, 5.74) is 0.747. The Balaban J connectivity index is 1.60. The van der Waals surface area contributed by atoms with Gasteiger partial charge < -0.3 is 4.52 Å². The van der Waals surface area contributed by atoms with Crippen LogP contribution in [0, 0.1) is 0 Å². The number of hydrogen-bond donors (Lipinski definition) is 1. The first-order valence-corrected chi connectivity index (χ1v) is 8.86. The van der Waals surface area contributed by atoms with Crippen LogP contribution >= 0.6 is 11.3 Å². The molecule has 2 aromatic rings. The summed E-state index contributed by atoms with van der Waals surface area (Å²) >= 11 is 1.76. The maximum absolute atomic E-state index is 12.3. The number of anilines is 1. The Morgan fingerprint density at radius 2 is 2.35 bits per heavy atom. The number of amides is 1. The molecule has 6 heteroatoms. The van der Waals surface area contributed by atoms with Gasteiger partial charge >= 0.3 is 0 Å². The number of rotatable bonds is 4. The lowest BCUT2D eigenvalue weighted by molar-refractivity contribution is -0.117. The van der Waals surface area contributed by atoms with Gasteiger partial charge in [0.05, 0.1) is 12.2 Å². The van der Waals surface area contributed by atoms with E-state index >= 15 is 0 Å². The average molecular weight is 333 g/mol. The van der Waals surface area contributed by atoms with Gasteiger partial charge in [0.2, 0.25) is 11.8 Å². The van der Waals surface area contributed by atoms with Crippen molar-refractivity contribution in [2.45, 2.75) is 45.1 Å². The first-order chi connectivity index (χ1) is 10.9. The number of hydrogen-bond acceptors (Lipinski definition) is 5. The van der Waals surface area contributed by atoms with Crippen molar-refractivity contribution in [1.29, 1.82) is 0 Å². The predicted octanol–water partition coefficient (Wildman–Crippen LogP) is 3.81. The molecular weight excluding hydrogens is 310 g/mol. The summed E-state index contributed by atoms with van der Waals surface area (Å²) in [6.45, 7) is 7.53. The zero-order valence-corrected chi connectivity index (χ0v) is 14.7. The Morgan fingerprint density at radius 3 is 3.00 bits per heavy atom. The summed E-state index contributed by atoms with van der Waals surface area (Å²) in [4.78, 5) is 15.9. The van der Waals surface area contributed by atoms with E-state index in [0.29, 0.717) is 18.5 Å². The van der Waals surface area contributed by atoms with E-state index in [1.54, 1.807) is 17.4 Å². The van der Waals surface area contributed by atoms with Crippen LogP contribution < -0.4 is 5.32 Å². The summed E-state index contributed by atoms with van der Waals surface area (Å²) in [6.07, 6.45) is 2.25. The molecule has 1 atom stereocenters. The fourth-order valence-electron chi connectivity index (χ4n) is 2.87. The molecule has 0 radical (unpaired) electrons. The summed E-state index contributed by atoms with van der Waals surface area (Å²) in [5, 5.41) is 8.94. The van der Waals surface area contributed by atoms with Crippen molar-refractivity contribution < 1.29 is 9.32 Å². The van der Waals surface area contributed by atoms with E-state index in [9.17, 15) is 4.79 Å². The Bertz CT molecular complexity index is 658. The molecule has 23 heavy (non-hydrogen) atoms. The first-order valence-electron chi connectivity index (χ1n) is 7.98. The minimum Gasteiger partial charge on any atom is -0.338 e.